The van der Waals surface area contributed by atoms with E-state index in [-0.39, 0.29) is 17.9 Å². The van der Waals surface area contributed by atoms with Crippen LogP contribution in [0.1, 0.15) is 28.9 Å². The minimum atomic E-state index is -4.51. The van der Waals surface area contributed by atoms with Crippen LogP contribution in [0, 0.1) is 0 Å². The van der Waals surface area contributed by atoms with Crippen molar-refractivity contribution in [2.45, 2.75) is 25.1 Å². The first-order valence-corrected chi connectivity index (χ1v) is 7.79. The summed E-state index contributed by atoms with van der Waals surface area (Å²) in [6.07, 6.45) is 1.08. The molecule has 0 aliphatic carbocycles. The molecule has 25 heavy (non-hydrogen) atoms. The molecular formula is C16H16F3N5O. The first kappa shape index (κ1) is 17.1. The summed E-state index contributed by atoms with van der Waals surface area (Å²) in [4.78, 5) is 25.3. The Bertz CT molecular complexity index is 738. The summed E-state index contributed by atoms with van der Waals surface area (Å²) < 4.78 is 38.4. The van der Waals surface area contributed by atoms with Crippen molar-refractivity contribution in [3.63, 3.8) is 0 Å². The van der Waals surface area contributed by atoms with E-state index in [9.17, 15) is 18.0 Å². The molecule has 1 aliphatic rings. The topological polar surface area (TPSA) is 71.0 Å². The van der Waals surface area contributed by atoms with E-state index in [0.29, 0.717) is 18.7 Å². The van der Waals surface area contributed by atoms with Crippen molar-refractivity contribution < 1.29 is 18.0 Å². The van der Waals surface area contributed by atoms with Gasteiger partial charge in [0.25, 0.3) is 5.91 Å². The fourth-order valence-corrected chi connectivity index (χ4v) is 2.70. The van der Waals surface area contributed by atoms with E-state index in [1.807, 2.05) is 0 Å². The van der Waals surface area contributed by atoms with Gasteiger partial charge in [0.2, 0.25) is 5.95 Å². The number of nitrogens with zero attached hydrogens (tertiary/aromatic N) is 4. The number of rotatable bonds is 3. The molecular weight excluding hydrogens is 335 g/mol. The molecule has 0 aromatic carbocycles. The Morgan fingerprint density at radius 2 is 2.12 bits per heavy atom. The molecule has 1 aliphatic heterocycles. The average Bonchev–Trinajstić information content (AvgIpc) is 2.62. The number of amides is 1. The smallest absolute Gasteiger partial charge is 0.347 e. The first-order chi connectivity index (χ1) is 11.9. The van der Waals surface area contributed by atoms with E-state index in [1.54, 1.807) is 23.2 Å². The van der Waals surface area contributed by atoms with Crippen molar-refractivity contribution in [3.05, 3.63) is 48.0 Å². The van der Waals surface area contributed by atoms with E-state index in [0.717, 1.165) is 25.1 Å². The lowest BCUT2D eigenvalue weighted by molar-refractivity contribution is -0.141. The lowest BCUT2D eigenvalue weighted by Gasteiger charge is -2.33. The number of hydrogen-bond acceptors (Lipinski definition) is 5. The number of halogens is 3. The van der Waals surface area contributed by atoms with Crippen molar-refractivity contribution in [2.24, 2.45) is 0 Å². The summed E-state index contributed by atoms with van der Waals surface area (Å²) in [7, 11) is 0. The molecule has 1 atom stereocenters. The zero-order valence-electron chi connectivity index (χ0n) is 13.2. The number of piperidine rings is 1. The van der Waals surface area contributed by atoms with E-state index in [1.165, 1.54) is 6.20 Å². The third-order valence-corrected chi connectivity index (χ3v) is 3.90. The Kier molecular flexibility index (Phi) is 4.82. The van der Waals surface area contributed by atoms with Gasteiger partial charge in [-0.1, -0.05) is 0 Å². The predicted octanol–water partition coefficient (Wildman–Crippen LogP) is 2.29. The van der Waals surface area contributed by atoms with Gasteiger partial charge < -0.3 is 10.2 Å². The van der Waals surface area contributed by atoms with E-state index >= 15 is 0 Å². The van der Waals surface area contributed by atoms with Crippen LogP contribution in [0.15, 0.2) is 36.8 Å². The quantitative estimate of drug-likeness (QED) is 0.919. The normalized spacial score (nSPS) is 18.0. The highest BCUT2D eigenvalue weighted by Gasteiger charge is 2.33. The molecule has 6 nitrogen and oxygen atoms in total. The van der Waals surface area contributed by atoms with Crippen LogP contribution < -0.4 is 10.2 Å². The summed E-state index contributed by atoms with van der Waals surface area (Å²) in [6.45, 7) is 0.897. The number of pyridine rings is 1. The predicted molar refractivity (Wildman–Crippen MR) is 84.0 cm³/mol. The number of hydrogen-bond donors (Lipinski definition) is 1. The van der Waals surface area contributed by atoms with Crippen molar-refractivity contribution in [2.75, 3.05) is 18.0 Å². The maximum absolute atomic E-state index is 12.8. The molecule has 132 valence electrons. The Morgan fingerprint density at radius 3 is 2.84 bits per heavy atom. The van der Waals surface area contributed by atoms with Crippen LogP contribution in [0.3, 0.4) is 0 Å². The highest BCUT2D eigenvalue weighted by atomic mass is 19.4. The molecule has 0 saturated carbocycles. The zero-order valence-corrected chi connectivity index (χ0v) is 13.2. The number of aromatic nitrogens is 3. The molecule has 2 aromatic rings. The van der Waals surface area contributed by atoms with Gasteiger partial charge in [0.15, 0.2) is 0 Å². The minimum absolute atomic E-state index is 0.0233. The van der Waals surface area contributed by atoms with Crippen molar-refractivity contribution in [3.8, 4) is 0 Å². The van der Waals surface area contributed by atoms with Crippen molar-refractivity contribution in [1.82, 2.24) is 20.3 Å². The lowest BCUT2D eigenvalue weighted by Crippen LogP contribution is -2.48. The number of nitrogens with one attached hydrogen (secondary N) is 1. The molecule has 0 bridgehead atoms. The molecule has 2 aromatic heterocycles. The fraction of sp³-hybridized carbons (Fsp3) is 0.375. The molecule has 1 fully saturated rings. The minimum Gasteiger partial charge on any atom is -0.347 e. The largest absolute Gasteiger partial charge is 0.433 e. The second-order valence-electron chi connectivity index (χ2n) is 5.74. The molecule has 1 unspecified atom stereocenters. The van der Waals surface area contributed by atoms with Crippen LogP contribution in [0.4, 0.5) is 19.1 Å². The Balaban J connectivity index is 1.68. The monoisotopic (exact) mass is 351 g/mol. The van der Waals surface area contributed by atoms with Crippen LogP contribution in [0.5, 0.6) is 0 Å². The number of anilines is 1. The van der Waals surface area contributed by atoms with Crippen LogP contribution >= 0.6 is 0 Å². The second-order valence-corrected chi connectivity index (χ2v) is 5.74. The SMILES string of the molecule is O=C(NC1CCCN(c2nccc(C(F)(F)F)n2)C1)c1cccnc1. The van der Waals surface area contributed by atoms with E-state index < -0.39 is 11.9 Å². The van der Waals surface area contributed by atoms with Crippen LogP contribution in [-0.2, 0) is 6.18 Å². The van der Waals surface area contributed by atoms with Crippen LogP contribution in [-0.4, -0.2) is 40.0 Å². The Labute approximate surface area is 142 Å². The molecule has 9 heteroatoms. The molecule has 3 heterocycles. The third-order valence-electron chi connectivity index (χ3n) is 3.90. The van der Waals surface area contributed by atoms with E-state index in [2.05, 4.69) is 20.3 Å². The fourth-order valence-electron chi connectivity index (χ4n) is 2.70. The summed E-state index contributed by atoms with van der Waals surface area (Å²) in [5.41, 5.74) is -0.533. The number of carbonyl (C=O) groups excluding carboxylic acids is 1. The standard InChI is InChI=1S/C16H16F3N5O/c17-16(18,19)13-5-7-21-15(23-13)24-8-2-4-12(10-24)22-14(25)11-3-1-6-20-9-11/h1,3,5-7,9,12H,2,4,8,10H2,(H,22,25). The first-order valence-electron chi connectivity index (χ1n) is 7.79. The lowest BCUT2D eigenvalue weighted by atomic mass is 10.1. The van der Waals surface area contributed by atoms with Gasteiger partial charge in [0.1, 0.15) is 5.69 Å². The van der Waals surface area contributed by atoms with E-state index in [4.69, 9.17) is 0 Å². The van der Waals surface area contributed by atoms with Gasteiger partial charge in [-0.15, -0.1) is 0 Å². The average molecular weight is 351 g/mol. The Hall–Kier alpha value is -2.71. The molecule has 1 N–H and O–H groups in total. The van der Waals surface area contributed by atoms with Gasteiger partial charge >= 0.3 is 6.18 Å². The highest BCUT2D eigenvalue weighted by Crippen LogP contribution is 2.28. The van der Waals surface area contributed by atoms with Gasteiger partial charge in [-0.3, -0.25) is 9.78 Å². The summed E-state index contributed by atoms with van der Waals surface area (Å²) in [5, 5.41) is 2.88. The summed E-state index contributed by atoms with van der Waals surface area (Å²) >= 11 is 0. The third kappa shape index (κ3) is 4.23. The maximum atomic E-state index is 12.8. The van der Waals surface area contributed by atoms with Gasteiger partial charge in [-0.05, 0) is 31.0 Å². The molecule has 0 radical (unpaired) electrons. The molecule has 0 spiro atoms. The zero-order chi connectivity index (χ0) is 17.9. The second kappa shape index (κ2) is 7.04. The number of alkyl halides is 3. The van der Waals surface area contributed by atoms with Gasteiger partial charge in [-0.2, -0.15) is 13.2 Å². The summed E-state index contributed by atoms with van der Waals surface area (Å²) in [5.74, 6) is -0.236. The molecule has 1 saturated heterocycles. The van der Waals surface area contributed by atoms with Crippen LogP contribution in [0.25, 0.3) is 0 Å². The van der Waals surface area contributed by atoms with Crippen molar-refractivity contribution >= 4 is 11.9 Å². The maximum Gasteiger partial charge on any atom is 0.433 e. The molecule has 3 rings (SSSR count). The number of carbonyl (C=O) groups is 1. The van der Waals surface area contributed by atoms with Gasteiger partial charge in [0.05, 0.1) is 5.56 Å². The molecule has 1 amide bonds. The van der Waals surface area contributed by atoms with Gasteiger partial charge in [-0.25, -0.2) is 9.97 Å². The summed E-state index contributed by atoms with van der Waals surface area (Å²) in [6, 6.07) is 3.96. The van der Waals surface area contributed by atoms with Crippen LogP contribution in [0.2, 0.25) is 0 Å². The Morgan fingerprint density at radius 1 is 1.28 bits per heavy atom. The van der Waals surface area contributed by atoms with Crippen molar-refractivity contribution in [1.29, 1.82) is 0 Å². The highest BCUT2D eigenvalue weighted by molar-refractivity contribution is 5.94. The van der Waals surface area contributed by atoms with Gasteiger partial charge in [0, 0.05) is 37.7 Å².